The molecule has 2 rings (SSSR count). The van der Waals surface area contributed by atoms with Gasteiger partial charge < -0.3 is 0 Å². The highest BCUT2D eigenvalue weighted by Gasteiger charge is 2.18. The Labute approximate surface area is 76.2 Å². The van der Waals surface area contributed by atoms with Gasteiger partial charge in [0, 0.05) is 4.90 Å². The lowest BCUT2D eigenvalue weighted by atomic mass is 9.98. The van der Waals surface area contributed by atoms with Crippen molar-refractivity contribution in [3.05, 3.63) is 29.6 Å². The van der Waals surface area contributed by atoms with Crippen LogP contribution in [-0.4, -0.2) is 5.75 Å². The van der Waals surface area contributed by atoms with Crippen LogP contribution in [0.3, 0.4) is 0 Å². The van der Waals surface area contributed by atoms with Crippen LogP contribution in [-0.2, 0) is 0 Å². The van der Waals surface area contributed by atoms with Gasteiger partial charge in [0.1, 0.15) is 5.82 Å². The summed E-state index contributed by atoms with van der Waals surface area (Å²) in [5.41, 5.74) is 1.19. The Balaban J connectivity index is 2.52. The largest absolute Gasteiger partial charge is 0.206 e. The van der Waals surface area contributed by atoms with E-state index in [1.807, 2.05) is 6.07 Å². The summed E-state index contributed by atoms with van der Waals surface area (Å²) < 4.78 is 13.2. The van der Waals surface area contributed by atoms with Crippen LogP contribution in [0.5, 0.6) is 0 Å². The number of fused-ring (bicyclic) bond motifs is 1. The molecular formula is C10H11FS. The van der Waals surface area contributed by atoms with E-state index in [0.29, 0.717) is 5.92 Å². The molecule has 1 aliphatic rings. The third kappa shape index (κ3) is 1.24. The summed E-state index contributed by atoms with van der Waals surface area (Å²) in [6.07, 6.45) is 1.17. The van der Waals surface area contributed by atoms with E-state index in [4.69, 9.17) is 0 Å². The maximum Gasteiger partial charge on any atom is 0.137 e. The fourth-order valence-corrected chi connectivity index (χ4v) is 2.88. The minimum absolute atomic E-state index is 0.0518. The normalized spacial score (nSPS) is 22.0. The maximum atomic E-state index is 13.2. The van der Waals surface area contributed by atoms with Crippen molar-refractivity contribution < 1.29 is 4.39 Å². The van der Waals surface area contributed by atoms with Crippen LogP contribution in [0.4, 0.5) is 4.39 Å². The summed E-state index contributed by atoms with van der Waals surface area (Å²) in [5, 5.41) is 0. The van der Waals surface area contributed by atoms with E-state index in [0.717, 1.165) is 10.6 Å². The Kier molecular flexibility index (Phi) is 2.09. The highest BCUT2D eigenvalue weighted by atomic mass is 32.2. The van der Waals surface area contributed by atoms with E-state index in [1.165, 1.54) is 12.0 Å². The van der Waals surface area contributed by atoms with Crippen molar-refractivity contribution in [1.82, 2.24) is 0 Å². The molecule has 0 aromatic heterocycles. The fourth-order valence-electron chi connectivity index (χ4n) is 1.56. The van der Waals surface area contributed by atoms with Crippen LogP contribution >= 0.6 is 11.8 Å². The zero-order valence-electron chi connectivity index (χ0n) is 7.01. The van der Waals surface area contributed by atoms with Gasteiger partial charge in [-0.3, -0.25) is 0 Å². The van der Waals surface area contributed by atoms with Crippen molar-refractivity contribution in [3.8, 4) is 0 Å². The first-order valence-corrected chi connectivity index (χ1v) is 5.19. The lowest BCUT2D eigenvalue weighted by molar-refractivity contribution is 0.583. The lowest BCUT2D eigenvalue weighted by Gasteiger charge is -2.21. The molecule has 0 fully saturated rings. The van der Waals surface area contributed by atoms with Gasteiger partial charge in [-0.1, -0.05) is 19.1 Å². The molecule has 1 aromatic carbocycles. The molecular weight excluding hydrogens is 171 g/mol. The van der Waals surface area contributed by atoms with Gasteiger partial charge in [-0.05, 0) is 29.7 Å². The molecule has 1 heterocycles. The predicted octanol–water partition coefficient (Wildman–Crippen LogP) is 3.43. The van der Waals surface area contributed by atoms with Gasteiger partial charge in [0.25, 0.3) is 0 Å². The summed E-state index contributed by atoms with van der Waals surface area (Å²) >= 11 is 1.64. The molecule has 2 heteroatoms. The van der Waals surface area contributed by atoms with Crippen molar-refractivity contribution in [1.29, 1.82) is 0 Å². The number of hydrogen-bond acceptors (Lipinski definition) is 1. The Morgan fingerprint density at radius 2 is 2.33 bits per heavy atom. The second kappa shape index (κ2) is 3.09. The third-order valence-corrected chi connectivity index (χ3v) is 3.48. The molecule has 0 aliphatic carbocycles. The van der Waals surface area contributed by atoms with Crippen molar-refractivity contribution in [3.63, 3.8) is 0 Å². The van der Waals surface area contributed by atoms with E-state index >= 15 is 0 Å². The third-order valence-electron chi connectivity index (χ3n) is 2.33. The van der Waals surface area contributed by atoms with E-state index < -0.39 is 0 Å². The molecule has 0 amide bonds. The number of rotatable bonds is 0. The Bertz CT molecular complexity index is 296. The number of thioether (sulfide) groups is 1. The van der Waals surface area contributed by atoms with Crippen molar-refractivity contribution in [2.45, 2.75) is 24.2 Å². The first-order chi connectivity index (χ1) is 5.79. The molecule has 1 atom stereocenters. The van der Waals surface area contributed by atoms with E-state index in [2.05, 4.69) is 6.92 Å². The molecule has 0 saturated carbocycles. The molecule has 64 valence electrons. The highest BCUT2D eigenvalue weighted by molar-refractivity contribution is 7.99. The minimum Gasteiger partial charge on any atom is -0.206 e. The van der Waals surface area contributed by atoms with Gasteiger partial charge >= 0.3 is 0 Å². The van der Waals surface area contributed by atoms with Crippen molar-refractivity contribution in [2.24, 2.45) is 0 Å². The average Bonchev–Trinajstić information content (AvgIpc) is 2.07. The first kappa shape index (κ1) is 8.11. The molecule has 1 aromatic rings. The standard InChI is InChI=1S/C10H11FS/c1-7-5-6-12-10-8(7)3-2-4-9(10)11/h2-4,7H,5-6H2,1H3. The van der Waals surface area contributed by atoms with E-state index in [-0.39, 0.29) is 5.82 Å². The number of benzene rings is 1. The van der Waals surface area contributed by atoms with Crippen LogP contribution in [0.15, 0.2) is 23.1 Å². The van der Waals surface area contributed by atoms with Gasteiger partial charge in [0.2, 0.25) is 0 Å². The SMILES string of the molecule is CC1CCSc2c(F)cccc21. The van der Waals surface area contributed by atoms with E-state index in [1.54, 1.807) is 23.9 Å². The monoisotopic (exact) mass is 182 g/mol. The number of hydrogen-bond donors (Lipinski definition) is 0. The van der Waals surface area contributed by atoms with Gasteiger partial charge in [0.05, 0.1) is 0 Å². The zero-order valence-corrected chi connectivity index (χ0v) is 7.83. The Morgan fingerprint density at radius 3 is 3.08 bits per heavy atom. The van der Waals surface area contributed by atoms with Crippen molar-refractivity contribution >= 4 is 11.8 Å². The summed E-state index contributed by atoms with van der Waals surface area (Å²) in [4.78, 5) is 0.872. The summed E-state index contributed by atoms with van der Waals surface area (Å²) in [6.45, 7) is 2.16. The van der Waals surface area contributed by atoms with Gasteiger partial charge in [-0.15, -0.1) is 11.8 Å². The molecule has 12 heavy (non-hydrogen) atoms. The summed E-state index contributed by atoms with van der Waals surface area (Å²) in [7, 11) is 0. The first-order valence-electron chi connectivity index (χ1n) is 4.20. The second-order valence-electron chi connectivity index (χ2n) is 3.20. The topological polar surface area (TPSA) is 0 Å². The van der Waals surface area contributed by atoms with Crippen LogP contribution in [0.2, 0.25) is 0 Å². The number of halogens is 1. The molecule has 0 saturated heterocycles. The molecule has 0 radical (unpaired) electrons. The second-order valence-corrected chi connectivity index (χ2v) is 4.30. The molecule has 1 unspecified atom stereocenters. The molecule has 0 nitrogen and oxygen atoms in total. The predicted molar refractivity (Wildman–Crippen MR) is 50.2 cm³/mol. The van der Waals surface area contributed by atoms with Gasteiger partial charge in [-0.2, -0.15) is 0 Å². The van der Waals surface area contributed by atoms with Gasteiger partial charge in [-0.25, -0.2) is 4.39 Å². The van der Waals surface area contributed by atoms with Crippen LogP contribution in [0.1, 0.15) is 24.8 Å². The van der Waals surface area contributed by atoms with Crippen LogP contribution in [0, 0.1) is 5.82 Å². The van der Waals surface area contributed by atoms with Crippen LogP contribution < -0.4 is 0 Å². The van der Waals surface area contributed by atoms with E-state index in [9.17, 15) is 4.39 Å². The average molecular weight is 182 g/mol. The molecule has 0 bridgehead atoms. The maximum absolute atomic E-state index is 13.2. The smallest absolute Gasteiger partial charge is 0.137 e. The Hall–Kier alpha value is -0.500. The zero-order chi connectivity index (χ0) is 8.55. The fraction of sp³-hybridized carbons (Fsp3) is 0.400. The highest BCUT2D eigenvalue weighted by Crippen LogP contribution is 2.38. The summed E-state index contributed by atoms with van der Waals surface area (Å²) in [5.74, 6) is 1.52. The summed E-state index contributed by atoms with van der Waals surface area (Å²) in [6, 6.07) is 5.38. The van der Waals surface area contributed by atoms with Crippen molar-refractivity contribution in [2.75, 3.05) is 5.75 Å². The molecule has 0 spiro atoms. The molecule has 1 aliphatic heterocycles. The Morgan fingerprint density at radius 1 is 1.50 bits per heavy atom. The quantitative estimate of drug-likeness (QED) is 0.592. The minimum atomic E-state index is -0.0518. The van der Waals surface area contributed by atoms with Crippen LogP contribution in [0.25, 0.3) is 0 Å². The lowest BCUT2D eigenvalue weighted by Crippen LogP contribution is -2.05. The molecule has 0 N–H and O–H groups in total. The van der Waals surface area contributed by atoms with Gasteiger partial charge in [0.15, 0.2) is 0 Å².